The van der Waals surface area contributed by atoms with Gasteiger partial charge in [-0.25, -0.2) is 21.9 Å². The van der Waals surface area contributed by atoms with Crippen molar-refractivity contribution in [2.24, 2.45) is 0 Å². The first-order valence-corrected chi connectivity index (χ1v) is 10.9. The van der Waals surface area contributed by atoms with Crippen LogP contribution in [-0.4, -0.2) is 23.2 Å². The summed E-state index contributed by atoms with van der Waals surface area (Å²) >= 11 is 0. The van der Waals surface area contributed by atoms with E-state index in [1.165, 1.54) is 0 Å². The molecule has 6 nitrogen and oxygen atoms in total. The van der Waals surface area contributed by atoms with Crippen molar-refractivity contribution < 1.29 is 17.2 Å². The average Bonchev–Trinajstić information content (AvgIpc) is 3.36. The molecule has 0 saturated heterocycles. The maximum atomic E-state index is 13.9. The predicted octanol–water partition coefficient (Wildman–Crippen LogP) is 3.82. The third kappa shape index (κ3) is 4.20. The van der Waals surface area contributed by atoms with Gasteiger partial charge in [-0.05, 0) is 43.2 Å². The van der Waals surface area contributed by atoms with E-state index in [9.17, 15) is 17.2 Å². The first-order valence-electron chi connectivity index (χ1n) is 9.37. The van der Waals surface area contributed by atoms with Crippen LogP contribution in [-0.2, 0) is 16.6 Å². The summed E-state index contributed by atoms with van der Waals surface area (Å²) in [5, 5.41) is 4.62. The van der Waals surface area contributed by atoms with Gasteiger partial charge in [-0.15, -0.1) is 0 Å². The molecule has 0 radical (unpaired) electrons. The standard InChI is InChI=1S/C20H20F2N4O2S/c21-15-5-6-20(18(22)11-15)29(27,28)24-13-16-12-19(14-7-9-23-10-8-14)26(25-16)17-3-1-2-4-17/h5-12,17,24H,1-4,13H2. The summed E-state index contributed by atoms with van der Waals surface area (Å²) in [4.78, 5) is 3.44. The van der Waals surface area contributed by atoms with Crippen LogP contribution in [0.25, 0.3) is 11.3 Å². The first kappa shape index (κ1) is 19.7. The Bertz CT molecular complexity index is 1110. The van der Waals surface area contributed by atoms with Gasteiger partial charge >= 0.3 is 0 Å². The van der Waals surface area contributed by atoms with Gasteiger partial charge in [-0.3, -0.25) is 9.67 Å². The highest BCUT2D eigenvalue weighted by atomic mass is 32.2. The van der Waals surface area contributed by atoms with Crippen molar-refractivity contribution in [1.82, 2.24) is 19.5 Å². The predicted molar refractivity (Wildman–Crippen MR) is 103 cm³/mol. The molecule has 1 aliphatic carbocycles. The molecule has 0 unspecified atom stereocenters. The highest BCUT2D eigenvalue weighted by molar-refractivity contribution is 7.89. The molecule has 1 saturated carbocycles. The fourth-order valence-corrected chi connectivity index (χ4v) is 4.69. The number of aromatic nitrogens is 3. The van der Waals surface area contributed by atoms with Gasteiger partial charge in [0.25, 0.3) is 0 Å². The Balaban J connectivity index is 1.60. The molecule has 0 amide bonds. The Hall–Kier alpha value is -2.65. The lowest BCUT2D eigenvalue weighted by Crippen LogP contribution is -2.24. The molecule has 0 bridgehead atoms. The smallest absolute Gasteiger partial charge is 0.243 e. The van der Waals surface area contributed by atoms with Crippen molar-refractivity contribution in [3.63, 3.8) is 0 Å². The lowest BCUT2D eigenvalue weighted by Gasteiger charge is -2.14. The maximum Gasteiger partial charge on any atom is 0.243 e. The van der Waals surface area contributed by atoms with E-state index >= 15 is 0 Å². The largest absolute Gasteiger partial charge is 0.265 e. The minimum absolute atomic E-state index is 0.100. The zero-order valence-electron chi connectivity index (χ0n) is 15.6. The summed E-state index contributed by atoms with van der Waals surface area (Å²) < 4.78 is 56.1. The highest BCUT2D eigenvalue weighted by Gasteiger charge is 2.24. The Kier molecular flexibility index (Phi) is 5.42. The second-order valence-corrected chi connectivity index (χ2v) is 8.77. The third-order valence-corrected chi connectivity index (χ3v) is 6.49. The summed E-state index contributed by atoms with van der Waals surface area (Å²) in [6, 6.07) is 8.22. The van der Waals surface area contributed by atoms with E-state index in [0.717, 1.165) is 49.1 Å². The number of hydrogen-bond donors (Lipinski definition) is 1. The molecule has 1 fully saturated rings. The summed E-state index contributed by atoms with van der Waals surface area (Å²) in [7, 11) is -4.14. The molecular weight excluding hydrogens is 398 g/mol. The third-order valence-electron chi connectivity index (χ3n) is 5.06. The number of rotatable bonds is 6. The molecule has 152 valence electrons. The van der Waals surface area contributed by atoms with E-state index in [2.05, 4.69) is 14.8 Å². The molecule has 1 aromatic carbocycles. The normalized spacial score (nSPS) is 15.1. The average molecular weight is 418 g/mol. The lowest BCUT2D eigenvalue weighted by atomic mass is 10.1. The minimum Gasteiger partial charge on any atom is -0.265 e. The second-order valence-electron chi connectivity index (χ2n) is 7.04. The van der Waals surface area contributed by atoms with Crippen LogP contribution in [0.4, 0.5) is 8.78 Å². The number of hydrogen-bond acceptors (Lipinski definition) is 4. The summed E-state index contributed by atoms with van der Waals surface area (Å²) in [6.45, 7) is -0.100. The Labute approximate surface area is 167 Å². The van der Waals surface area contributed by atoms with E-state index in [1.54, 1.807) is 12.4 Å². The molecule has 2 heterocycles. The van der Waals surface area contributed by atoms with Gasteiger partial charge < -0.3 is 0 Å². The van der Waals surface area contributed by atoms with Gasteiger partial charge in [0.1, 0.15) is 16.5 Å². The van der Waals surface area contributed by atoms with Crippen LogP contribution in [0.3, 0.4) is 0 Å². The van der Waals surface area contributed by atoms with Crippen LogP contribution in [0.5, 0.6) is 0 Å². The van der Waals surface area contributed by atoms with E-state index in [0.29, 0.717) is 11.8 Å². The van der Waals surface area contributed by atoms with E-state index in [-0.39, 0.29) is 12.6 Å². The second kappa shape index (κ2) is 8.00. The van der Waals surface area contributed by atoms with Crippen LogP contribution >= 0.6 is 0 Å². The van der Waals surface area contributed by atoms with Crippen molar-refractivity contribution in [2.45, 2.75) is 43.2 Å². The SMILES string of the molecule is O=S(=O)(NCc1cc(-c2ccncc2)n(C2CCCC2)n1)c1ccc(F)cc1F. The topological polar surface area (TPSA) is 76.9 Å². The molecule has 9 heteroatoms. The molecule has 3 aromatic rings. The number of sulfonamides is 1. The molecule has 0 aliphatic heterocycles. The summed E-state index contributed by atoms with van der Waals surface area (Å²) in [5.41, 5.74) is 2.36. The lowest BCUT2D eigenvalue weighted by molar-refractivity contribution is 0.467. The van der Waals surface area contributed by atoms with Crippen LogP contribution in [0.15, 0.2) is 53.7 Å². The van der Waals surface area contributed by atoms with E-state index < -0.39 is 26.6 Å². The number of benzene rings is 1. The monoisotopic (exact) mass is 418 g/mol. The number of pyridine rings is 1. The Morgan fingerprint density at radius 3 is 2.48 bits per heavy atom. The first-order chi connectivity index (χ1) is 13.9. The molecule has 1 N–H and O–H groups in total. The van der Waals surface area contributed by atoms with Gasteiger partial charge in [-0.2, -0.15) is 5.10 Å². The van der Waals surface area contributed by atoms with Gasteiger partial charge in [0.05, 0.1) is 24.0 Å². The van der Waals surface area contributed by atoms with Crippen molar-refractivity contribution in [3.05, 3.63) is 66.1 Å². The summed E-state index contributed by atoms with van der Waals surface area (Å²) in [5.74, 6) is -1.97. The fourth-order valence-electron chi connectivity index (χ4n) is 3.64. The molecule has 4 rings (SSSR count). The molecule has 0 atom stereocenters. The minimum atomic E-state index is -4.14. The molecule has 1 aliphatic rings. The van der Waals surface area contributed by atoms with Crippen molar-refractivity contribution in [2.75, 3.05) is 0 Å². The summed E-state index contributed by atoms with van der Waals surface area (Å²) in [6.07, 6.45) is 7.69. The zero-order valence-corrected chi connectivity index (χ0v) is 16.4. The number of halogens is 2. The Morgan fingerprint density at radius 1 is 1.07 bits per heavy atom. The zero-order chi connectivity index (χ0) is 20.4. The van der Waals surface area contributed by atoms with Gasteiger partial charge in [0, 0.05) is 24.0 Å². The van der Waals surface area contributed by atoms with E-state index in [1.807, 2.05) is 22.9 Å². The molecular formula is C20H20F2N4O2S. The van der Waals surface area contributed by atoms with Crippen LogP contribution in [0.2, 0.25) is 0 Å². The van der Waals surface area contributed by atoms with Crippen LogP contribution in [0.1, 0.15) is 37.4 Å². The van der Waals surface area contributed by atoms with Gasteiger partial charge in [-0.1, -0.05) is 12.8 Å². The molecule has 2 aromatic heterocycles. The van der Waals surface area contributed by atoms with E-state index in [4.69, 9.17) is 0 Å². The van der Waals surface area contributed by atoms with Crippen molar-refractivity contribution >= 4 is 10.0 Å². The fraction of sp³-hybridized carbons (Fsp3) is 0.300. The molecule has 0 spiro atoms. The highest BCUT2D eigenvalue weighted by Crippen LogP contribution is 2.33. The van der Waals surface area contributed by atoms with Gasteiger partial charge in [0.15, 0.2) is 0 Å². The van der Waals surface area contributed by atoms with Crippen LogP contribution in [0, 0.1) is 11.6 Å². The van der Waals surface area contributed by atoms with Crippen molar-refractivity contribution in [3.8, 4) is 11.3 Å². The number of nitrogens with zero attached hydrogens (tertiary/aromatic N) is 3. The van der Waals surface area contributed by atoms with Gasteiger partial charge in [0.2, 0.25) is 10.0 Å². The van der Waals surface area contributed by atoms with Crippen LogP contribution < -0.4 is 4.72 Å². The quantitative estimate of drug-likeness (QED) is 0.660. The Morgan fingerprint density at radius 2 is 1.79 bits per heavy atom. The number of nitrogens with one attached hydrogen (secondary N) is 1. The van der Waals surface area contributed by atoms with Crippen molar-refractivity contribution in [1.29, 1.82) is 0 Å². The molecule has 29 heavy (non-hydrogen) atoms. The maximum absolute atomic E-state index is 13.9.